The SMILES string of the molecule is FC(F)(F)c1c2nc(c(C(F)(F)F)c3cc(C#Cc4cc5[nH]c4c(-c4ccccc4)c4nc(c(-c6ccccc6)c6ccc([nH]6)c(-c6ccccc6)c6nc(c5-c5ccccc5)C=C6)C=C4)c([nH]3)c(C(F)(F)F)c3nc(c(C(F)(F)F)c4ccc1[nH]4)C=C3)C=C2. The summed E-state index contributed by atoms with van der Waals surface area (Å²) < 4.78 is 186. The van der Waals surface area contributed by atoms with E-state index >= 15 is 52.7 Å². The first-order valence-corrected chi connectivity index (χ1v) is 27.6. The van der Waals surface area contributed by atoms with Crippen LogP contribution in [0, 0.1) is 11.8 Å². The van der Waals surface area contributed by atoms with Gasteiger partial charge >= 0.3 is 24.7 Å². The first-order valence-electron chi connectivity index (χ1n) is 27.6. The maximum atomic E-state index is 16.1. The number of aromatic nitrogens is 8. The minimum atomic E-state index is -5.59. The molecule has 16 bridgehead atoms. The van der Waals surface area contributed by atoms with Crippen LogP contribution in [0.5, 0.6) is 0 Å². The van der Waals surface area contributed by atoms with Gasteiger partial charge in [0.2, 0.25) is 0 Å². The highest BCUT2D eigenvalue weighted by Crippen LogP contribution is 2.45. The van der Waals surface area contributed by atoms with Crippen molar-refractivity contribution >= 4 is 92.7 Å². The molecule has 4 aliphatic heterocycles. The van der Waals surface area contributed by atoms with Gasteiger partial charge in [0.05, 0.1) is 84.3 Å². The van der Waals surface area contributed by atoms with Crippen molar-refractivity contribution in [3.05, 3.63) is 237 Å². The van der Waals surface area contributed by atoms with E-state index in [9.17, 15) is 0 Å². The minimum absolute atomic E-state index is 0.0665. The number of halogens is 12. The smallest absolute Gasteiger partial charge is 0.354 e. The molecular formula is C70H38F12N8. The molecule has 10 heterocycles. The third kappa shape index (κ3) is 10.2. The summed E-state index contributed by atoms with van der Waals surface area (Å²) >= 11 is 0. The fourth-order valence-corrected chi connectivity index (χ4v) is 11.7. The summed E-state index contributed by atoms with van der Waals surface area (Å²) in [6.45, 7) is 0. The number of benzene rings is 4. The van der Waals surface area contributed by atoms with Crippen molar-refractivity contribution in [1.29, 1.82) is 0 Å². The molecule has 90 heavy (non-hydrogen) atoms. The zero-order valence-electron chi connectivity index (χ0n) is 46.0. The van der Waals surface area contributed by atoms with Gasteiger partial charge in [-0.1, -0.05) is 133 Å². The van der Waals surface area contributed by atoms with Crippen molar-refractivity contribution in [3.8, 4) is 56.3 Å². The van der Waals surface area contributed by atoms with E-state index in [0.717, 1.165) is 22.2 Å². The van der Waals surface area contributed by atoms with Gasteiger partial charge in [-0.2, -0.15) is 52.7 Å². The van der Waals surface area contributed by atoms with E-state index in [2.05, 4.69) is 36.8 Å². The van der Waals surface area contributed by atoms with Gasteiger partial charge in [0.25, 0.3) is 0 Å². The monoisotopic (exact) mass is 1220 g/mol. The standard InChI is InChI=1S/C70H38F12N8/c71-67(72,73)61-49-29-30-50(86-49)62(68(74,75)76)52-33-34-54(88-52)64(70(80,81)82)66-42(36-56(90-66)63(69(77,78)79)53-32-31-51(61)87-53)22-21-41-35-55-59(39-17-9-3-10-18-39)47-26-25-45(84-47)57(37-13-5-1-6-14-37)43-23-24-44(83-43)58(38-15-7-2-8-16-38)46-27-28-48(85-46)60(65(41)89-55)40-19-11-4-12-20-40/h1-20,23-36,83,86,89-90H. The van der Waals surface area contributed by atoms with Crippen molar-refractivity contribution in [2.75, 3.05) is 0 Å². The predicted molar refractivity (Wildman–Crippen MR) is 325 cm³/mol. The fourth-order valence-electron chi connectivity index (χ4n) is 11.7. The van der Waals surface area contributed by atoms with Crippen LogP contribution in [-0.4, -0.2) is 39.9 Å². The highest BCUT2D eigenvalue weighted by molar-refractivity contribution is 6.02. The lowest BCUT2D eigenvalue weighted by molar-refractivity contribution is -0.137. The second kappa shape index (κ2) is 21.3. The summed E-state index contributed by atoms with van der Waals surface area (Å²) in [6, 6.07) is 44.7. The Morgan fingerprint density at radius 1 is 0.256 bits per heavy atom. The molecule has 0 amide bonds. The zero-order chi connectivity index (χ0) is 62.4. The molecule has 0 aliphatic carbocycles. The largest absolute Gasteiger partial charge is 0.420 e. The van der Waals surface area contributed by atoms with Crippen LogP contribution in [0.3, 0.4) is 0 Å². The van der Waals surface area contributed by atoms with E-state index in [0.29, 0.717) is 104 Å². The van der Waals surface area contributed by atoms with Gasteiger partial charge in [-0.05, 0) is 107 Å². The van der Waals surface area contributed by atoms with Crippen LogP contribution in [0.2, 0.25) is 0 Å². The van der Waals surface area contributed by atoms with Gasteiger partial charge < -0.3 is 19.9 Å². The molecule has 8 nitrogen and oxygen atoms in total. The first kappa shape index (κ1) is 56.6. The number of hydrogen-bond donors (Lipinski definition) is 4. The summed E-state index contributed by atoms with van der Waals surface area (Å²) in [4.78, 5) is 29.6. The van der Waals surface area contributed by atoms with Crippen molar-refractivity contribution < 1.29 is 52.7 Å². The van der Waals surface area contributed by atoms with Gasteiger partial charge in [0.15, 0.2) is 0 Å². The number of aromatic amines is 4. The van der Waals surface area contributed by atoms with Crippen LogP contribution in [0.25, 0.3) is 137 Å². The van der Waals surface area contributed by atoms with Crippen LogP contribution in [0.1, 0.15) is 78.9 Å². The summed E-state index contributed by atoms with van der Waals surface area (Å²) in [5, 5.41) is 0. The van der Waals surface area contributed by atoms with Gasteiger partial charge in [-0.25, -0.2) is 19.9 Å². The molecule has 442 valence electrons. The van der Waals surface area contributed by atoms with E-state index in [1.807, 2.05) is 126 Å². The molecule has 0 fully saturated rings. The molecule has 10 aromatic rings. The Kier molecular flexibility index (Phi) is 13.4. The number of H-pyrrole nitrogens is 4. The average Bonchev–Trinajstić information content (AvgIpc) is 1.61. The number of nitrogens with one attached hydrogen (secondary N) is 4. The molecule has 4 N–H and O–H groups in total. The summed E-state index contributed by atoms with van der Waals surface area (Å²) in [5.74, 6) is 5.70. The second-order valence-corrected chi connectivity index (χ2v) is 21.1. The lowest BCUT2D eigenvalue weighted by atomic mass is 10.0. The van der Waals surface area contributed by atoms with Crippen molar-refractivity contribution in [2.24, 2.45) is 0 Å². The molecule has 4 aromatic carbocycles. The van der Waals surface area contributed by atoms with Crippen LogP contribution >= 0.6 is 0 Å². The van der Waals surface area contributed by atoms with Gasteiger partial charge in [-0.15, -0.1) is 0 Å². The molecule has 0 radical (unpaired) electrons. The van der Waals surface area contributed by atoms with Gasteiger partial charge in [0, 0.05) is 38.8 Å². The summed E-state index contributed by atoms with van der Waals surface area (Å²) in [7, 11) is 0. The Hall–Kier alpha value is -11.2. The number of rotatable bonds is 4. The van der Waals surface area contributed by atoms with Gasteiger partial charge in [-0.3, -0.25) is 0 Å². The molecule has 20 heteroatoms. The number of alkyl halides is 12. The first-order chi connectivity index (χ1) is 43.1. The lowest BCUT2D eigenvalue weighted by Crippen LogP contribution is -2.11. The highest BCUT2D eigenvalue weighted by atomic mass is 19.4. The van der Waals surface area contributed by atoms with E-state index in [4.69, 9.17) is 9.97 Å². The quantitative estimate of drug-likeness (QED) is 0.104. The molecule has 0 unspecified atom stereocenters. The molecule has 0 spiro atoms. The number of nitrogens with zero attached hydrogens (tertiary/aromatic N) is 4. The van der Waals surface area contributed by atoms with Crippen LogP contribution in [0.15, 0.2) is 158 Å². The van der Waals surface area contributed by atoms with E-state index in [-0.39, 0.29) is 11.1 Å². The Morgan fingerprint density at radius 2 is 0.533 bits per heavy atom. The normalized spacial score (nSPS) is 13.1. The average molecular weight is 1220 g/mol. The molecule has 0 saturated carbocycles. The Balaban J connectivity index is 1.15. The van der Waals surface area contributed by atoms with Crippen molar-refractivity contribution in [3.63, 3.8) is 0 Å². The molecule has 14 rings (SSSR count). The maximum absolute atomic E-state index is 16.1. The fraction of sp³-hybridized carbons (Fsp3) is 0.0571. The maximum Gasteiger partial charge on any atom is 0.420 e. The third-order valence-corrected chi connectivity index (χ3v) is 15.4. The summed E-state index contributed by atoms with van der Waals surface area (Å²) in [6.07, 6.45) is -12.4. The summed E-state index contributed by atoms with van der Waals surface area (Å²) in [5.41, 5.74) is -7.59. The topological polar surface area (TPSA) is 115 Å². The Labute approximate surface area is 501 Å². The van der Waals surface area contributed by atoms with E-state index < -0.39 is 97.4 Å². The predicted octanol–water partition coefficient (Wildman–Crippen LogP) is 19.8. The zero-order valence-corrected chi connectivity index (χ0v) is 46.0. The highest BCUT2D eigenvalue weighted by Gasteiger charge is 2.43. The number of fused-ring (bicyclic) bond motifs is 16. The van der Waals surface area contributed by atoms with E-state index in [1.165, 1.54) is 0 Å². The molecule has 0 atom stereocenters. The molecule has 6 aromatic heterocycles. The van der Waals surface area contributed by atoms with Crippen molar-refractivity contribution in [1.82, 2.24) is 39.9 Å². The molecule has 4 aliphatic rings. The Morgan fingerprint density at radius 3 is 0.933 bits per heavy atom. The van der Waals surface area contributed by atoms with Gasteiger partial charge in [0.1, 0.15) is 22.3 Å². The third-order valence-electron chi connectivity index (χ3n) is 15.4. The Bertz CT molecular complexity index is 5160. The van der Waals surface area contributed by atoms with Crippen LogP contribution in [0.4, 0.5) is 52.7 Å². The van der Waals surface area contributed by atoms with Crippen LogP contribution in [-0.2, 0) is 24.7 Å². The number of hydrogen-bond acceptors (Lipinski definition) is 4. The lowest BCUT2D eigenvalue weighted by Gasteiger charge is -2.10. The molecular weight excluding hydrogens is 1180 g/mol. The second-order valence-electron chi connectivity index (χ2n) is 21.1. The van der Waals surface area contributed by atoms with Crippen LogP contribution < -0.4 is 0 Å². The van der Waals surface area contributed by atoms with E-state index in [1.54, 1.807) is 42.5 Å². The minimum Gasteiger partial charge on any atom is -0.354 e. The molecule has 0 saturated heterocycles. The van der Waals surface area contributed by atoms with Crippen molar-refractivity contribution in [2.45, 2.75) is 24.7 Å².